The lowest BCUT2D eigenvalue weighted by Crippen LogP contribution is -2.41. The molecule has 1 amide bonds. The Bertz CT molecular complexity index is 441. The number of aryl methyl sites for hydroxylation is 2. The van der Waals surface area contributed by atoms with Crippen molar-refractivity contribution in [3.05, 3.63) is 11.7 Å². The number of hydrogen-bond donors (Lipinski definition) is 2. The number of hydrogen-bond acceptors (Lipinski definition) is 5. The number of aliphatic hydroxyl groups excluding tert-OH is 1. The predicted octanol–water partition coefficient (Wildman–Crippen LogP) is 1.76. The van der Waals surface area contributed by atoms with Crippen LogP contribution in [0.4, 0.5) is 0 Å². The van der Waals surface area contributed by atoms with Crippen LogP contribution >= 0.6 is 0 Å². The molecule has 1 aromatic heterocycles. The highest BCUT2D eigenvalue weighted by Crippen LogP contribution is 2.27. The van der Waals surface area contributed by atoms with E-state index in [1.54, 1.807) is 6.92 Å². The molecular weight excluding hydrogens is 270 g/mol. The van der Waals surface area contributed by atoms with Gasteiger partial charge in [0.15, 0.2) is 5.82 Å². The largest absolute Gasteiger partial charge is 0.396 e. The van der Waals surface area contributed by atoms with E-state index in [1.807, 2.05) is 0 Å². The Kier molecular flexibility index (Phi) is 6.17. The van der Waals surface area contributed by atoms with Crippen LogP contribution in [0.2, 0.25) is 0 Å². The minimum absolute atomic E-state index is 0.00474. The number of nitrogens with one attached hydrogen (secondary N) is 1. The zero-order valence-electron chi connectivity index (χ0n) is 12.7. The molecule has 0 saturated heterocycles. The van der Waals surface area contributed by atoms with Crippen molar-refractivity contribution >= 4 is 5.91 Å². The van der Waals surface area contributed by atoms with E-state index in [1.165, 1.54) is 19.3 Å². The van der Waals surface area contributed by atoms with Gasteiger partial charge in [0, 0.05) is 25.5 Å². The normalized spacial score (nSPS) is 17.6. The molecule has 1 unspecified atom stereocenters. The Morgan fingerprint density at radius 2 is 2.19 bits per heavy atom. The van der Waals surface area contributed by atoms with Crippen LogP contribution in [-0.2, 0) is 11.2 Å². The van der Waals surface area contributed by atoms with Crippen molar-refractivity contribution in [3.8, 4) is 0 Å². The summed E-state index contributed by atoms with van der Waals surface area (Å²) in [5.41, 5.74) is 0. The SMILES string of the molecule is Cc1noc(CCC(=O)NC(CCO)C2CCCCC2)n1. The summed E-state index contributed by atoms with van der Waals surface area (Å²) >= 11 is 0. The summed E-state index contributed by atoms with van der Waals surface area (Å²) in [6.07, 6.45) is 7.47. The van der Waals surface area contributed by atoms with Gasteiger partial charge in [-0.3, -0.25) is 4.79 Å². The van der Waals surface area contributed by atoms with Gasteiger partial charge in [0.2, 0.25) is 11.8 Å². The van der Waals surface area contributed by atoms with Crippen molar-refractivity contribution in [2.75, 3.05) is 6.61 Å². The van der Waals surface area contributed by atoms with E-state index in [9.17, 15) is 9.90 Å². The van der Waals surface area contributed by atoms with E-state index in [4.69, 9.17) is 4.52 Å². The van der Waals surface area contributed by atoms with Crippen molar-refractivity contribution in [1.29, 1.82) is 0 Å². The van der Waals surface area contributed by atoms with E-state index < -0.39 is 0 Å². The topological polar surface area (TPSA) is 88.2 Å². The number of amides is 1. The van der Waals surface area contributed by atoms with Gasteiger partial charge in [-0.05, 0) is 32.1 Å². The first-order valence-corrected chi connectivity index (χ1v) is 7.88. The fourth-order valence-corrected chi connectivity index (χ4v) is 3.04. The van der Waals surface area contributed by atoms with Gasteiger partial charge in [-0.2, -0.15) is 4.98 Å². The standard InChI is InChI=1S/C15H25N3O3/c1-11-16-15(21-18-11)8-7-14(20)17-13(9-10-19)12-5-3-2-4-6-12/h12-13,19H,2-10H2,1H3,(H,17,20). The summed E-state index contributed by atoms with van der Waals surface area (Å²) in [5.74, 6) is 1.58. The second-order valence-corrected chi connectivity index (χ2v) is 5.82. The number of carbonyl (C=O) groups is 1. The molecule has 0 spiro atoms. The lowest BCUT2D eigenvalue weighted by atomic mass is 9.82. The third-order valence-corrected chi connectivity index (χ3v) is 4.14. The molecule has 0 bridgehead atoms. The fourth-order valence-electron chi connectivity index (χ4n) is 3.04. The summed E-state index contributed by atoms with van der Waals surface area (Å²) in [5, 5.41) is 16.0. The van der Waals surface area contributed by atoms with Crippen LogP contribution in [0.1, 0.15) is 56.7 Å². The second kappa shape index (κ2) is 8.12. The number of aliphatic hydroxyl groups is 1. The molecule has 6 heteroatoms. The van der Waals surface area contributed by atoms with E-state index >= 15 is 0 Å². The van der Waals surface area contributed by atoms with Crippen LogP contribution in [0.25, 0.3) is 0 Å². The van der Waals surface area contributed by atoms with Gasteiger partial charge in [0.25, 0.3) is 0 Å². The number of aromatic nitrogens is 2. The van der Waals surface area contributed by atoms with E-state index in [0.29, 0.717) is 36.9 Å². The molecule has 1 aliphatic rings. The van der Waals surface area contributed by atoms with Gasteiger partial charge in [-0.1, -0.05) is 24.4 Å². The lowest BCUT2D eigenvalue weighted by Gasteiger charge is -2.30. The van der Waals surface area contributed by atoms with Gasteiger partial charge < -0.3 is 14.9 Å². The third-order valence-electron chi connectivity index (χ3n) is 4.14. The summed E-state index contributed by atoms with van der Waals surface area (Å²) in [4.78, 5) is 16.2. The Morgan fingerprint density at radius 1 is 1.43 bits per heavy atom. The molecular formula is C15H25N3O3. The fraction of sp³-hybridized carbons (Fsp3) is 0.800. The Balaban J connectivity index is 1.79. The second-order valence-electron chi connectivity index (χ2n) is 5.82. The van der Waals surface area contributed by atoms with Crippen LogP contribution in [-0.4, -0.2) is 33.8 Å². The molecule has 118 valence electrons. The van der Waals surface area contributed by atoms with Gasteiger partial charge >= 0.3 is 0 Å². The minimum Gasteiger partial charge on any atom is -0.396 e. The smallest absolute Gasteiger partial charge is 0.227 e. The first kappa shape index (κ1) is 15.9. The molecule has 21 heavy (non-hydrogen) atoms. The van der Waals surface area contributed by atoms with E-state index in [0.717, 1.165) is 12.8 Å². The first-order chi connectivity index (χ1) is 10.2. The average Bonchev–Trinajstić information content (AvgIpc) is 2.91. The van der Waals surface area contributed by atoms with Gasteiger partial charge in [-0.15, -0.1) is 0 Å². The molecule has 2 rings (SSSR count). The van der Waals surface area contributed by atoms with Crippen LogP contribution in [0.5, 0.6) is 0 Å². The molecule has 1 fully saturated rings. The summed E-state index contributed by atoms with van der Waals surface area (Å²) in [6.45, 7) is 1.87. The monoisotopic (exact) mass is 295 g/mol. The number of carbonyl (C=O) groups excluding carboxylic acids is 1. The van der Waals surface area contributed by atoms with Crippen molar-refractivity contribution < 1.29 is 14.4 Å². The van der Waals surface area contributed by atoms with Crippen molar-refractivity contribution in [1.82, 2.24) is 15.5 Å². The number of nitrogens with zero attached hydrogens (tertiary/aromatic N) is 2. The van der Waals surface area contributed by atoms with Crippen LogP contribution < -0.4 is 5.32 Å². The van der Waals surface area contributed by atoms with Gasteiger partial charge in [-0.25, -0.2) is 0 Å². The maximum Gasteiger partial charge on any atom is 0.227 e. The van der Waals surface area contributed by atoms with Crippen molar-refractivity contribution in [2.24, 2.45) is 5.92 Å². The lowest BCUT2D eigenvalue weighted by molar-refractivity contribution is -0.122. The summed E-state index contributed by atoms with van der Waals surface area (Å²) in [6, 6.07) is 0.0900. The Morgan fingerprint density at radius 3 is 2.81 bits per heavy atom. The maximum absolute atomic E-state index is 12.1. The zero-order chi connectivity index (χ0) is 15.1. The highest BCUT2D eigenvalue weighted by molar-refractivity contribution is 5.76. The van der Waals surface area contributed by atoms with Crippen LogP contribution in [0.3, 0.4) is 0 Å². The van der Waals surface area contributed by atoms with Gasteiger partial charge in [0.1, 0.15) is 0 Å². The van der Waals surface area contributed by atoms with E-state index in [-0.39, 0.29) is 18.6 Å². The Labute approximate surface area is 125 Å². The Hall–Kier alpha value is -1.43. The third kappa shape index (κ3) is 5.12. The van der Waals surface area contributed by atoms with Crippen LogP contribution in [0, 0.1) is 12.8 Å². The minimum atomic E-state index is -0.00474. The molecule has 1 atom stereocenters. The van der Waals surface area contributed by atoms with Crippen molar-refractivity contribution in [3.63, 3.8) is 0 Å². The quantitative estimate of drug-likeness (QED) is 0.800. The highest BCUT2D eigenvalue weighted by atomic mass is 16.5. The predicted molar refractivity (Wildman–Crippen MR) is 77.6 cm³/mol. The molecule has 1 saturated carbocycles. The molecule has 0 radical (unpaired) electrons. The molecule has 0 aromatic carbocycles. The molecule has 1 aliphatic carbocycles. The molecule has 1 aromatic rings. The molecule has 0 aliphatic heterocycles. The molecule has 6 nitrogen and oxygen atoms in total. The zero-order valence-corrected chi connectivity index (χ0v) is 12.7. The van der Waals surface area contributed by atoms with E-state index in [2.05, 4.69) is 15.5 Å². The number of rotatable bonds is 7. The highest BCUT2D eigenvalue weighted by Gasteiger charge is 2.24. The average molecular weight is 295 g/mol. The molecule has 2 N–H and O–H groups in total. The maximum atomic E-state index is 12.1. The van der Waals surface area contributed by atoms with Crippen LogP contribution in [0.15, 0.2) is 4.52 Å². The van der Waals surface area contributed by atoms with Gasteiger partial charge in [0.05, 0.1) is 0 Å². The molecule has 1 heterocycles. The summed E-state index contributed by atoms with van der Waals surface area (Å²) < 4.78 is 5.00. The first-order valence-electron chi connectivity index (χ1n) is 7.88. The van der Waals surface area contributed by atoms with Crippen molar-refractivity contribution in [2.45, 2.75) is 64.3 Å². The summed E-state index contributed by atoms with van der Waals surface area (Å²) in [7, 11) is 0.